The standard InChI is InChI=1S/C14H25N5O5S2.HI/c1-3-25(20,21)11-5-16-14(15-2)18-6-8-19(9-7-18)26(22,23)12-13-4-10-24-17-13;/h4,10H,3,5-9,11-12H2,1-2H3,(H,15,16);1H. The smallest absolute Gasteiger partial charge is 0.220 e. The molecule has 1 aliphatic heterocycles. The maximum Gasteiger partial charge on any atom is 0.220 e. The summed E-state index contributed by atoms with van der Waals surface area (Å²) in [4.78, 5) is 6.07. The maximum atomic E-state index is 12.4. The third kappa shape index (κ3) is 7.19. The van der Waals surface area contributed by atoms with Gasteiger partial charge >= 0.3 is 0 Å². The van der Waals surface area contributed by atoms with Crippen molar-refractivity contribution in [2.45, 2.75) is 12.7 Å². The van der Waals surface area contributed by atoms with E-state index in [1.54, 1.807) is 14.0 Å². The number of piperazine rings is 1. The largest absolute Gasteiger partial charge is 0.364 e. The van der Waals surface area contributed by atoms with E-state index in [2.05, 4.69) is 20.0 Å². The number of halogens is 1. The first-order valence-electron chi connectivity index (χ1n) is 8.30. The fraction of sp³-hybridized carbons (Fsp3) is 0.714. The highest BCUT2D eigenvalue weighted by Crippen LogP contribution is 2.12. The Morgan fingerprint density at radius 1 is 1.26 bits per heavy atom. The van der Waals surface area contributed by atoms with Crippen molar-refractivity contribution in [3.63, 3.8) is 0 Å². The molecule has 1 aromatic rings. The number of rotatable bonds is 7. The Kier molecular flexibility index (Phi) is 9.44. The van der Waals surface area contributed by atoms with E-state index in [1.165, 1.54) is 16.6 Å². The van der Waals surface area contributed by atoms with Gasteiger partial charge < -0.3 is 14.7 Å². The van der Waals surface area contributed by atoms with Crippen LogP contribution < -0.4 is 5.32 Å². The summed E-state index contributed by atoms with van der Waals surface area (Å²) in [7, 11) is -4.89. The fourth-order valence-corrected chi connectivity index (χ4v) is 4.69. The van der Waals surface area contributed by atoms with E-state index in [-0.39, 0.29) is 47.8 Å². The molecule has 2 rings (SSSR count). The number of sulfone groups is 1. The molecule has 156 valence electrons. The van der Waals surface area contributed by atoms with Crippen LogP contribution in [0, 0.1) is 0 Å². The Hall–Kier alpha value is -0.930. The van der Waals surface area contributed by atoms with Crippen LogP contribution in [-0.2, 0) is 25.6 Å². The van der Waals surface area contributed by atoms with Gasteiger partial charge in [-0.05, 0) is 0 Å². The Morgan fingerprint density at radius 2 is 1.93 bits per heavy atom. The van der Waals surface area contributed by atoms with Gasteiger partial charge in [-0.15, -0.1) is 24.0 Å². The van der Waals surface area contributed by atoms with Crippen molar-refractivity contribution >= 4 is 49.8 Å². The average molecular weight is 535 g/mol. The molecule has 1 fully saturated rings. The van der Waals surface area contributed by atoms with Crippen molar-refractivity contribution in [3.8, 4) is 0 Å². The number of nitrogens with zero attached hydrogens (tertiary/aromatic N) is 4. The van der Waals surface area contributed by atoms with Crippen LogP contribution >= 0.6 is 24.0 Å². The van der Waals surface area contributed by atoms with Crippen molar-refractivity contribution in [1.29, 1.82) is 0 Å². The first-order valence-corrected chi connectivity index (χ1v) is 11.7. The van der Waals surface area contributed by atoms with Gasteiger partial charge in [0, 0.05) is 51.6 Å². The summed E-state index contributed by atoms with van der Waals surface area (Å²) in [5.41, 5.74) is 0.377. The summed E-state index contributed by atoms with van der Waals surface area (Å²) >= 11 is 0. The number of guanidine groups is 1. The molecule has 13 heteroatoms. The van der Waals surface area contributed by atoms with Gasteiger partial charge in [-0.2, -0.15) is 4.31 Å². The molecular formula is C14H26IN5O5S2. The van der Waals surface area contributed by atoms with E-state index >= 15 is 0 Å². The third-order valence-corrected chi connectivity index (χ3v) is 7.62. The molecule has 0 aliphatic carbocycles. The van der Waals surface area contributed by atoms with E-state index < -0.39 is 19.9 Å². The lowest BCUT2D eigenvalue weighted by Gasteiger charge is -2.35. The number of hydrogen-bond acceptors (Lipinski definition) is 7. The molecule has 0 atom stereocenters. The highest BCUT2D eigenvalue weighted by molar-refractivity contribution is 14.0. The first kappa shape index (κ1) is 24.1. The molecule has 1 aromatic heterocycles. The lowest BCUT2D eigenvalue weighted by atomic mass is 10.4. The normalized spacial score (nSPS) is 16.8. The summed E-state index contributed by atoms with van der Waals surface area (Å²) in [6, 6.07) is 1.53. The van der Waals surface area contributed by atoms with E-state index in [9.17, 15) is 16.8 Å². The predicted octanol–water partition coefficient (Wildman–Crippen LogP) is -0.250. The van der Waals surface area contributed by atoms with Crippen LogP contribution in [0.15, 0.2) is 21.8 Å². The van der Waals surface area contributed by atoms with E-state index in [4.69, 9.17) is 0 Å². The minimum Gasteiger partial charge on any atom is -0.364 e. The number of hydrogen-bond donors (Lipinski definition) is 1. The van der Waals surface area contributed by atoms with Crippen LogP contribution in [-0.4, -0.2) is 88.4 Å². The predicted molar refractivity (Wildman–Crippen MR) is 113 cm³/mol. The minimum atomic E-state index is -3.46. The van der Waals surface area contributed by atoms with Crippen molar-refractivity contribution in [2.24, 2.45) is 4.99 Å². The van der Waals surface area contributed by atoms with Crippen molar-refractivity contribution in [2.75, 3.05) is 51.3 Å². The van der Waals surface area contributed by atoms with Crippen LogP contribution in [0.1, 0.15) is 12.6 Å². The summed E-state index contributed by atoms with van der Waals surface area (Å²) in [5.74, 6) is 0.528. The molecular weight excluding hydrogens is 509 g/mol. The zero-order valence-electron chi connectivity index (χ0n) is 15.4. The summed E-state index contributed by atoms with van der Waals surface area (Å²) in [5, 5.41) is 6.67. The molecule has 0 unspecified atom stereocenters. The highest BCUT2D eigenvalue weighted by atomic mass is 127. The molecule has 0 aromatic carbocycles. The molecule has 10 nitrogen and oxygen atoms in total. The lowest BCUT2D eigenvalue weighted by Crippen LogP contribution is -2.54. The quantitative estimate of drug-likeness (QED) is 0.288. The molecule has 0 saturated carbocycles. The van der Waals surface area contributed by atoms with Crippen LogP contribution in [0.4, 0.5) is 0 Å². The summed E-state index contributed by atoms with van der Waals surface area (Å²) < 4.78 is 54.1. The molecule has 0 amide bonds. The van der Waals surface area contributed by atoms with E-state index in [0.717, 1.165) is 0 Å². The minimum absolute atomic E-state index is 0. The van der Waals surface area contributed by atoms with Crippen molar-refractivity contribution in [3.05, 3.63) is 18.0 Å². The van der Waals surface area contributed by atoms with Gasteiger partial charge in [-0.25, -0.2) is 16.8 Å². The molecule has 1 aliphatic rings. The zero-order chi connectivity index (χ0) is 19.2. The number of nitrogens with one attached hydrogen (secondary N) is 1. The Labute approximate surface area is 177 Å². The average Bonchev–Trinajstić information content (AvgIpc) is 3.11. The fourth-order valence-electron chi connectivity index (χ4n) is 2.56. The molecule has 1 saturated heterocycles. The second kappa shape index (κ2) is 10.6. The zero-order valence-corrected chi connectivity index (χ0v) is 19.3. The second-order valence-corrected chi connectivity index (χ2v) is 10.3. The number of aliphatic imine (C=N–C) groups is 1. The van der Waals surface area contributed by atoms with Crippen molar-refractivity contribution in [1.82, 2.24) is 19.7 Å². The molecule has 2 heterocycles. The van der Waals surface area contributed by atoms with Gasteiger partial charge in [0.1, 0.15) is 12.0 Å². The van der Waals surface area contributed by atoms with Crippen molar-refractivity contribution < 1.29 is 21.4 Å². The van der Waals surface area contributed by atoms with Gasteiger partial charge in [-0.1, -0.05) is 12.1 Å². The van der Waals surface area contributed by atoms with E-state index in [0.29, 0.717) is 37.8 Å². The van der Waals surface area contributed by atoms with Gasteiger partial charge in [0.15, 0.2) is 15.8 Å². The summed E-state index contributed by atoms with van der Waals surface area (Å²) in [6.45, 7) is 3.48. The van der Waals surface area contributed by atoms with Crippen LogP contribution in [0.3, 0.4) is 0 Å². The van der Waals surface area contributed by atoms with Gasteiger partial charge in [0.2, 0.25) is 10.0 Å². The van der Waals surface area contributed by atoms with Gasteiger partial charge in [0.05, 0.1) is 11.4 Å². The molecule has 0 spiro atoms. The maximum absolute atomic E-state index is 12.4. The Morgan fingerprint density at radius 3 is 2.44 bits per heavy atom. The first-order chi connectivity index (χ1) is 12.3. The van der Waals surface area contributed by atoms with Crippen LogP contribution in [0.2, 0.25) is 0 Å². The number of sulfonamides is 1. The molecule has 0 bridgehead atoms. The summed E-state index contributed by atoms with van der Waals surface area (Å²) in [6.07, 6.45) is 1.34. The van der Waals surface area contributed by atoms with Gasteiger partial charge in [0.25, 0.3) is 0 Å². The van der Waals surface area contributed by atoms with E-state index in [1.807, 2.05) is 4.90 Å². The Balaban J connectivity index is 0.00000364. The van der Waals surface area contributed by atoms with Crippen LogP contribution in [0.25, 0.3) is 0 Å². The molecule has 1 N–H and O–H groups in total. The number of aromatic nitrogens is 1. The topological polar surface area (TPSA) is 125 Å². The van der Waals surface area contributed by atoms with Gasteiger partial charge in [-0.3, -0.25) is 4.99 Å². The molecule has 27 heavy (non-hydrogen) atoms. The monoisotopic (exact) mass is 535 g/mol. The molecule has 0 radical (unpaired) electrons. The highest BCUT2D eigenvalue weighted by Gasteiger charge is 2.29. The Bertz CT molecular complexity index is 803. The van der Waals surface area contributed by atoms with Crippen LogP contribution in [0.5, 0.6) is 0 Å². The SMILES string of the molecule is CCS(=O)(=O)CCNC(=NC)N1CCN(S(=O)(=O)Cc2ccon2)CC1.I. The lowest BCUT2D eigenvalue weighted by molar-refractivity contribution is 0.260. The third-order valence-electron chi connectivity index (χ3n) is 4.10. The second-order valence-electron chi connectivity index (χ2n) is 5.84.